The van der Waals surface area contributed by atoms with Gasteiger partial charge < -0.3 is 5.32 Å². The van der Waals surface area contributed by atoms with E-state index >= 15 is 0 Å². The summed E-state index contributed by atoms with van der Waals surface area (Å²) in [5.74, 6) is 1.28. The van der Waals surface area contributed by atoms with Crippen LogP contribution in [0.1, 0.15) is 41.6 Å². The molecule has 1 amide bonds. The van der Waals surface area contributed by atoms with Crippen molar-refractivity contribution in [3.05, 3.63) is 29.3 Å². The van der Waals surface area contributed by atoms with Crippen LogP contribution in [0.15, 0.2) is 18.2 Å². The minimum absolute atomic E-state index is 0.117. The molecule has 0 spiro atoms. The number of benzene rings is 1. The van der Waals surface area contributed by atoms with E-state index in [9.17, 15) is 13.2 Å². The van der Waals surface area contributed by atoms with Crippen LogP contribution in [0.4, 0.5) is 5.69 Å². The Bertz CT molecular complexity index is 699. The van der Waals surface area contributed by atoms with Crippen LogP contribution in [0, 0.1) is 18.8 Å². The maximum absolute atomic E-state index is 12.4. The molecule has 2 saturated carbocycles. The highest BCUT2D eigenvalue weighted by Gasteiger charge is 2.40. The lowest BCUT2D eigenvalue weighted by Crippen LogP contribution is -2.38. The van der Waals surface area contributed by atoms with Crippen molar-refractivity contribution in [2.75, 3.05) is 11.0 Å². The molecule has 1 aromatic rings. The van der Waals surface area contributed by atoms with Gasteiger partial charge in [0.2, 0.25) is 10.0 Å². The van der Waals surface area contributed by atoms with E-state index in [1.54, 1.807) is 18.2 Å². The first-order chi connectivity index (χ1) is 10.3. The number of rotatable bonds is 4. The van der Waals surface area contributed by atoms with E-state index in [2.05, 4.69) is 10.0 Å². The Balaban J connectivity index is 1.74. The summed E-state index contributed by atoms with van der Waals surface area (Å²) < 4.78 is 25.2. The number of amides is 1. The van der Waals surface area contributed by atoms with Gasteiger partial charge in [-0.15, -0.1) is 0 Å². The molecule has 2 bridgehead atoms. The topological polar surface area (TPSA) is 75.3 Å². The van der Waals surface area contributed by atoms with E-state index < -0.39 is 10.0 Å². The predicted molar refractivity (Wildman–Crippen MR) is 86.3 cm³/mol. The minimum Gasteiger partial charge on any atom is -0.349 e. The fourth-order valence-electron chi connectivity index (χ4n) is 3.75. The third kappa shape index (κ3) is 3.27. The number of nitrogens with one attached hydrogen (secondary N) is 2. The Morgan fingerprint density at radius 2 is 2.00 bits per heavy atom. The third-order valence-corrected chi connectivity index (χ3v) is 5.44. The molecule has 0 aromatic heterocycles. The lowest BCUT2D eigenvalue weighted by atomic mass is 9.95. The minimum atomic E-state index is -3.35. The molecule has 6 heteroatoms. The molecule has 1 aromatic carbocycles. The maximum atomic E-state index is 12.4. The summed E-state index contributed by atoms with van der Waals surface area (Å²) in [5, 5.41) is 3.12. The van der Waals surface area contributed by atoms with Gasteiger partial charge in [0, 0.05) is 11.6 Å². The quantitative estimate of drug-likeness (QED) is 0.893. The van der Waals surface area contributed by atoms with Crippen LogP contribution in [-0.4, -0.2) is 26.6 Å². The first-order valence-electron chi connectivity index (χ1n) is 7.71. The Hall–Kier alpha value is -1.56. The van der Waals surface area contributed by atoms with Crippen LogP contribution in [0.3, 0.4) is 0 Å². The SMILES string of the molecule is Cc1ccc(C(=O)N[C@@H]2C[C@H]3CC[C@H]2C3)cc1NS(C)(=O)=O. The predicted octanol–water partition coefficient (Wildman–Crippen LogP) is 2.28. The number of fused-ring (bicyclic) bond motifs is 2. The molecule has 0 radical (unpaired) electrons. The van der Waals surface area contributed by atoms with Crippen molar-refractivity contribution in [3.63, 3.8) is 0 Å². The second-order valence-corrected chi connectivity index (χ2v) is 8.41. The molecule has 0 heterocycles. The Labute approximate surface area is 131 Å². The second kappa shape index (κ2) is 5.57. The summed E-state index contributed by atoms with van der Waals surface area (Å²) in [6.45, 7) is 1.81. The molecule has 120 valence electrons. The molecule has 2 aliphatic rings. The number of carbonyl (C=O) groups excluding carboxylic acids is 1. The fraction of sp³-hybridized carbons (Fsp3) is 0.562. The van der Waals surface area contributed by atoms with Crippen molar-refractivity contribution in [1.82, 2.24) is 5.32 Å². The maximum Gasteiger partial charge on any atom is 0.251 e. The molecule has 2 N–H and O–H groups in total. The normalized spacial score (nSPS) is 26.9. The summed E-state index contributed by atoms with van der Waals surface area (Å²) in [6.07, 6.45) is 5.93. The fourth-order valence-corrected chi connectivity index (χ4v) is 4.37. The number of sulfonamides is 1. The van der Waals surface area contributed by atoms with Crippen molar-refractivity contribution in [1.29, 1.82) is 0 Å². The zero-order valence-corrected chi connectivity index (χ0v) is 13.7. The number of aryl methyl sites for hydroxylation is 1. The molecule has 0 saturated heterocycles. The van der Waals surface area contributed by atoms with Gasteiger partial charge in [-0.2, -0.15) is 0 Å². The lowest BCUT2D eigenvalue weighted by molar-refractivity contribution is 0.0923. The van der Waals surface area contributed by atoms with Gasteiger partial charge in [0.25, 0.3) is 5.91 Å². The standard InChI is InChI=1S/C16H22N2O3S/c1-10-3-5-13(9-14(10)18-22(2,20)21)16(19)17-15-8-11-4-6-12(15)7-11/h3,5,9,11-12,15,18H,4,6-8H2,1-2H3,(H,17,19)/t11-,12-,15+/m0/s1. The van der Waals surface area contributed by atoms with E-state index in [4.69, 9.17) is 0 Å². The van der Waals surface area contributed by atoms with Crippen LogP contribution < -0.4 is 10.0 Å². The summed E-state index contributed by atoms with van der Waals surface area (Å²) in [6, 6.07) is 5.40. The molecule has 5 nitrogen and oxygen atoms in total. The number of carbonyl (C=O) groups is 1. The van der Waals surface area contributed by atoms with Gasteiger partial charge in [-0.25, -0.2) is 8.42 Å². The lowest BCUT2D eigenvalue weighted by Gasteiger charge is -2.23. The average molecular weight is 322 g/mol. The monoisotopic (exact) mass is 322 g/mol. The van der Waals surface area contributed by atoms with Crippen molar-refractivity contribution >= 4 is 21.6 Å². The van der Waals surface area contributed by atoms with Crippen LogP contribution in [0.25, 0.3) is 0 Å². The van der Waals surface area contributed by atoms with E-state index in [0.29, 0.717) is 17.2 Å². The van der Waals surface area contributed by atoms with Crippen LogP contribution in [-0.2, 0) is 10.0 Å². The zero-order valence-electron chi connectivity index (χ0n) is 12.9. The second-order valence-electron chi connectivity index (χ2n) is 6.66. The molecule has 3 atom stereocenters. The van der Waals surface area contributed by atoms with Crippen molar-refractivity contribution in [2.45, 2.75) is 38.6 Å². The van der Waals surface area contributed by atoms with Crippen LogP contribution in [0.2, 0.25) is 0 Å². The first-order valence-corrected chi connectivity index (χ1v) is 9.60. The Kier molecular flexibility index (Phi) is 3.89. The van der Waals surface area contributed by atoms with Crippen LogP contribution >= 0.6 is 0 Å². The number of hydrogen-bond acceptors (Lipinski definition) is 3. The largest absolute Gasteiger partial charge is 0.349 e. The zero-order chi connectivity index (χ0) is 15.9. The van der Waals surface area contributed by atoms with Crippen molar-refractivity contribution in [2.24, 2.45) is 11.8 Å². The molecular weight excluding hydrogens is 300 g/mol. The molecule has 0 aliphatic heterocycles. The van der Waals surface area contributed by atoms with Gasteiger partial charge in [-0.3, -0.25) is 9.52 Å². The molecule has 2 aliphatic carbocycles. The van der Waals surface area contributed by atoms with Crippen molar-refractivity contribution in [3.8, 4) is 0 Å². The first kappa shape index (κ1) is 15.3. The average Bonchev–Trinajstić information content (AvgIpc) is 3.02. The van der Waals surface area contributed by atoms with E-state index in [1.165, 1.54) is 19.3 Å². The summed E-state index contributed by atoms with van der Waals surface area (Å²) >= 11 is 0. The van der Waals surface area contributed by atoms with Crippen LogP contribution in [0.5, 0.6) is 0 Å². The highest BCUT2D eigenvalue weighted by Crippen LogP contribution is 2.44. The van der Waals surface area contributed by atoms with Gasteiger partial charge in [0.15, 0.2) is 0 Å². The van der Waals surface area contributed by atoms with Gasteiger partial charge in [0.1, 0.15) is 0 Å². The molecule has 22 heavy (non-hydrogen) atoms. The van der Waals surface area contributed by atoms with Gasteiger partial charge in [-0.1, -0.05) is 12.5 Å². The van der Waals surface area contributed by atoms with Gasteiger partial charge >= 0.3 is 0 Å². The highest BCUT2D eigenvalue weighted by molar-refractivity contribution is 7.92. The van der Waals surface area contributed by atoms with Gasteiger partial charge in [0.05, 0.1) is 11.9 Å². The summed E-state index contributed by atoms with van der Waals surface area (Å²) in [7, 11) is -3.35. The van der Waals surface area contributed by atoms with E-state index in [0.717, 1.165) is 24.2 Å². The van der Waals surface area contributed by atoms with E-state index in [-0.39, 0.29) is 11.9 Å². The molecule has 0 unspecified atom stereocenters. The number of hydrogen-bond donors (Lipinski definition) is 2. The third-order valence-electron chi connectivity index (χ3n) is 4.85. The highest BCUT2D eigenvalue weighted by atomic mass is 32.2. The summed E-state index contributed by atoms with van der Waals surface area (Å²) in [5.41, 5.74) is 1.75. The number of anilines is 1. The smallest absolute Gasteiger partial charge is 0.251 e. The Morgan fingerprint density at radius 3 is 2.59 bits per heavy atom. The van der Waals surface area contributed by atoms with Gasteiger partial charge in [-0.05, 0) is 55.7 Å². The summed E-state index contributed by atoms with van der Waals surface area (Å²) in [4.78, 5) is 12.4. The van der Waals surface area contributed by atoms with E-state index in [1.807, 2.05) is 6.92 Å². The molecule has 2 fully saturated rings. The van der Waals surface area contributed by atoms with Crippen molar-refractivity contribution < 1.29 is 13.2 Å². The molecular formula is C16H22N2O3S. The molecule has 3 rings (SSSR count). The Morgan fingerprint density at radius 1 is 1.23 bits per heavy atom.